The van der Waals surface area contributed by atoms with E-state index >= 15 is 0 Å². The fourth-order valence-electron chi connectivity index (χ4n) is 1.99. The molecule has 1 aromatic rings. The second-order valence-corrected chi connectivity index (χ2v) is 4.87. The number of carbonyl (C=O) groups excluding carboxylic acids is 1. The summed E-state index contributed by atoms with van der Waals surface area (Å²) in [5.41, 5.74) is 3.12. The highest BCUT2D eigenvalue weighted by Gasteiger charge is 2.12. The molecule has 0 N–H and O–H groups in total. The maximum absolute atomic E-state index is 11.3. The molecule has 0 aliphatic carbocycles. The van der Waals surface area contributed by atoms with Gasteiger partial charge in [0.15, 0.2) is 5.78 Å². The second kappa shape index (κ2) is 4.92. The van der Waals surface area contributed by atoms with Crippen molar-refractivity contribution in [3.8, 4) is 0 Å². The van der Waals surface area contributed by atoms with Crippen molar-refractivity contribution in [1.29, 1.82) is 0 Å². The van der Waals surface area contributed by atoms with Crippen LogP contribution in [0.2, 0.25) is 5.02 Å². The number of hydrogen-bond acceptors (Lipinski definition) is 2. The number of rotatable bonds is 2. The zero-order valence-electron chi connectivity index (χ0n) is 10.2. The van der Waals surface area contributed by atoms with Gasteiger partial charge in [0.05, 0.1) is 5.02 Å². The second-order valence-electron chi connectivity index (χ2n) is 4.47. The first-order valence-corrected chi connectivity index (χ1v) is 6.17. The smallest absolute Gasteiger partial charge is 0.161 e. The van der Waals surface area contributed by atoms with Crippen LogP contribution in [0.25, 0.3) is 0 Å². The van der Waals surface area contributed by atoms with Crippen LogP contribution in [0.15, 0.2) is 29.8 Å². The molecule has 0 unspecified atom stereocenters. The normalized spacial score (nSPS) is 15.7. The van der Waals surface area contributed by atoms with Crippen molar-refractivity contribution in [2.24, 2.45) is 0 Å². The van der Waals surface area contributed by atoms with Gasteiger partial charge in [-0.25, -0.2) is 0 Å². The molecule has 1 aromatic carbocycles. The summed E-state index contributed by atoms with van der Waals surface area (Å²) in [6.45, 7) is 5.62. The van der Waals surface area contributed by atoms with Crippen LogP contribution in [0.1, 0.15) is 30.6 Å². The van der Waals surface area contributed by atoms with E-state index in [2.05, 4.69) is 17.9 Å². The maximum atomic E-state index is 11.3. The summed E-state index contributed by atoms with van der Waals surface area (Å²) < 4.78 is 0. The van der Waals surface area contributed by atoms with Gasteiger partial charge >= 0.3 is 0 Å². The maximum Gasteiger partial charge on any atom is 0.161 e. The Bertz CT molecular complexity index is 479. The van der Waals surface area contributed by atoms with Crippen LogP contribution in [-0.4, -0.2) is 18.9 Å². The topological polar surface area (TPSA) is 20.3 Å². The Morgan fingerprint density at radius 1 is 1.41 bits per heavy atom. The quantitative estimate of drug-likeness (QED) is 0.588. The zero-order valence-corrected chi connectivity index (χ0v) is 10.9. The molecule has 0 aromatic heterocycles. The minimum absolute atomic E-state index is 0.0101. The first kappa shape index (κ1) is 12.2. The third kappa shape index (κ3) is 2.70. The summed E-state index contributed by atoms with van der Waals surface area (Å²) in [6.07, 6.45) is 3.32. The molecule has 0 spiro atoms. The molecule has 90 valence electrons. The average Bonchev–Trinajstić information content (AvgIpc) is 2.29. The van der Waals surface area contributed by atoms with Crippen LogP contribution in [0, 0.1) is 0 Å². The van der Waals surface area contributed by atoms with Gasteiger partial charge in [0.2, 0.25) is 0 Å². The summed E-state index contributed by atoms with van der Waals surface area (Å²) in [6, 6.07) is 5.66. The van der Waals surface area contributed by atoms with Crippen LogP contribution in [0.4, 0.5) is 5.69 Å². The summed E-state index contributed by atoms with van der Waals surface area (Å²) >= 11 is 6.11. The monoisotopic (exact) mass is 249 g/mol. The molecule has 2 rings (SSSR count). The van der Waals surface area contributed by atoms with Crippen molar-refractivity contribution in [3.63, 3.8) is 0 Å². The Kier molecular flexibility index (Phi) is 3.53. The van der Waals surface area contributed by atoms with Crippen molar-refractivity contribution in [2.75, 3.05) is 18.0 Å². The lowest BCUT2D eigenvalue weighted by Gasteiger charge is -2.27. The largest absolute Gasteiger partial charge is 0.367 e. The standard InChI is InChI=1S/C14H16ClNO/c1-10-5-7-16(8-6-10)12-3-4-13(11(2)17)14(15)9-12/h3-5,9H,6-8H2,1-2H3. The first-order chi connectivity index (χ1) is 8.08. The molecule has 0 fully saturated rings. The van der Waals surface area contributed by atoms with Crippen LogP contribution in [0.3, 0.4) is 0 Å². The van der Waals surface area contributed by atoms with Gasteiger partial charge in [-0.3, -0.25) is 4.79 Å². The number of anilines is 1. The van der Waals surface area contributed by atoms with Gasteiger partial charge in [0, 0.05) is 24.3 Å². The molecule has 0 saturated carbocycles. The molecule has 0 atom stereocenters. The van der Waals surface area contributed by atoms with E-state index in [1.54, 1.807) is 0 Å². The van der Waals surface area contributed by atoms with E-state index in [1.807, 2.05) is 18.2 Å². The molecule has 1 heterocycles. The highest BCUT2D eigenvalue weighted by molar-refractivity contribution is 6.34. The molecule has 1 aliphatic heterocycles. The fraction of sp³-hybridized carbons (Fsp3) is 0.357. The van der Waals surface area contributed by atoms with Gasteiger partial charge in [0.25, 0.3) is 0 Å². The van der Waals surface area contributed by atoms with Gasteiger partial charge in [-0.1, -0.05) is 23.3 Å². The van der Waals surface area contributed by atoms with Gasteiger partial charge in [-0.15, -0.1) is 0 Å². The summed E-state index contributed by atoms with van der Waals surface area (Å²) in [5.74, 6) is 0.0101. The summed E-state index contributed by atoms with van der Waals surface area (Å²) in [5, 5.41) is 0.543. The number of benzene rings is 1. The van der Waals surface area contributed by atoms with Crippen LogP contribution >= 0.6 is 11.6 Å². The lowest BCUT2D eigenvalue weighted by atomic mass is 10.1. The van der Waals surface area contributed by atoms with E-state index in [0.717, 1.165) is 25.2 Å². The highest BCUT2D eigenvalue weighted by atomic mass is 35.5. The predicted molar refractivity (Wildman–Crippen MR) is 72.0 cm³/mol. The molecular weight excluding hydrogens is 234 g/mol. The lowest BCUT2D eigenvalue weighted by molar-refractivity contribution is 0.101. The Morgan fingerprint density at radius 2 is 2.18 bits per heavy atom. The Hall–Kier alpha value is -1.28. The molecular formula is C14H16ClNO. The van der Waals surface area contributed by atoms with Gasteiger partial charge in [-0.05, 0) is 38.5 Å². The molecule has 0 bridgehead atoms. The molecule has 0 radical (unpaired) electrons. The average molecular weight is 250 g/mol. The fourth-order valence-corrected chi connectivity index (χ4v) is 2.30. The molecule has 3 heteroatoms. The number of nitrogens with zero attached hydrogens (tertiary/aromatic N) is 1. The number of hydrogen-bond donors (Lipinski definition) is 0. The number of carbonyl (C=O) groups is 1. The van der Waals surface area contributed by atoms with Crippen LogP contribution in [0.5, 0.6) is 0 Å². The van der Waals surface area contributed by atoms with E-state index in [4.69, 9.17) is 11.6 Å². The van der Waals surface area contributed by atoms with Crippen molar-refractivity contribution < 1.29 is 4.79 Å². The van der Waals surface area contributed by atoms with Crippen molar-refractivity contribution in [1.82, 2.24) is 0 Å². The molecule has 17 heavy (non-hydrogen) atoms. The van der Waals surface area contributed by atoms with Gasteiger partial charge in [0.1, 0.15) is 0 Å². The highest BCUT2D eigenvalue weighted by Crippen LogP contribution is 2.26. The van der Waals surface area contributed by atoms with Gasteiger partial charge < -0.3 is 4.90 Å². The Balaban J connectivity index is 2.23. The van der Waals surface area contributed by atoms with Crippen molar-refractivity contribution in [2.45, 2.75) is 20.3 Å². The van der Waals surface area contributed by atoms with Crippen LogP contribution in [-0.2, 0) is 0 Å². The number of ketones is 1. The van der Waals surface area contributed by atoms with Crippen molar-refractivity contribution >= 4 is 23.1 Å². The summed E-state index contributed by atoms with van der Waals surface area (Å²) in [4.78, 5) is 13.6. The van der Waals surface area contributed by atoms with E-state index in [9.17, 15) is 4.79 Å². The number of Topliss-reactive ketones (excluding diaryl/α,β-unsaturated/α-hetero) is 1. The lowest BCUT2D eigenvalue weighted by Crippen LogP contribution is -2.28. The molecule has 0 saturated heterocycles. The Labute approximate surface area is 107 Å². The SMILES string of the molecule is CC(=O)c1ccc(N2CC=C(C)CC2)cc1Cl. The zero-order chi connectivity index (χ0) is 12.4. The van der Waals surface area contributed by atoms with E-state index in [0.29, 0.717) is 10.6 Å². The summed E-state index contributed by atoms with van der Waals surface area (Å²) in [7, 11) is 0. The van der Waals surface area contributed by atoms with Crippen molar-refractivity contribution in [3.05, 3.63) is 40.4 Å². The van der Waals surface area contributed by atoms with Crippen LogP contribution < -0.4 is 4.90 Å². The van der Waals surface area contributed by atoms with E-state index in [-0.39, 0.29) is 5.78 Å². The number of halogens is 1. The Morgan fingerprint density at radius 3 is 2.71 bits per heavy atom. The third-order valence-electron chi connectivity index (χ3n) is 3.13. The minimum atomic E-state index is 0.0101. The minimum Gasteiger partial charge on any atom is -0.367 e. The molecule has 0 amide bonds. The van der Waals surface area contributed by atoms with E-state index in [1.165, 1.54) is 12.5 Å². The third-order valence-corrected chi connectivity index (χ3v) is 3.45. The molecule has 1 aliphatic rings. The first-order valence-electron chi connectivity index (χ1n) is 5.79. The predicted octanol–water partition coefficient (Wildman–Crippen LogP) is 3.70. The molecule has 2 nitrogen and oxygen atoms in total. The van der Waals surface area contributed by atoms with Gasteiger partial charge in [-0.2, -0.15) is 0 Å². The van der Waals surface area contributed by atoms with E-state index < -0.39 is 0 Å².